The Morgan fingerprint density at radius 3 is 2.37 bits per heavy atom. The average Bonchev–Trinajstić information content (AvgIpc) is 2.90. The van der Waals surface area contributed by atoms with Crippen molar-refractivity contribution < 1.29 is 14.4 Å². The van der Waals surface area contributed by atoms with E-state index in [1.54, 1.807) is 12.1 Å². The fourth-order valence-corrected chi connectivity index (χ4v) is 3.66. The third-order valence-electron chi connectivity index (χ3n) is 5.44. The highest BCUT2D eigenvalue weighted by molar-refractivity contribution is 6.21. The molecule has 146 valence electrons. The lowest BCUT2D eigenvalue weighted by Gasteiger charge is -2.35. The molecule has 2 aliphatic heterocycles. The predicted molar refractivity (Wildman–Crippen MR) is 103 cm³/mol. The van der Waals surface area contributed by atoms with E-state index >= 15 is 0 Å². The number of imide groups is 1. The van der Waals surface area contributed by atoms with Crippen molar-refractivity contribution in [3.8, 4) is 0 Å². The molecule has 7 nitrogen and oxygen atoms in total. The summed E-state index contributed by atoms with van der Waals surface area (Å²) in [7, 11) is 1.45. The molecule has 3 amide bonds. The summed E-state index contributed by atoms with van der Waals surface area (Å²) in [5.41, 5.74) is 1.07. The Balaban J connectivity index is 1.51. The Kier molecular flexibility index (Phi) is 5.92. The number of nitrogens with zero attached hydrogens (tertiary/aromatic N) is 3. The summed E-state index contributed by atoms with van der Waals surface area (Å²) in [6.45, 7) is 11.3. The van der Waals surface area contributed by atoms with E-state index in [1.807, 2.05) is 0 Å². The highest BCUT2D eigenvalue weighted by Crippen LogP contribution is 2.22. The van der Waals surface area contributed by atoms with Crippen molar-refractivity contribution in [1.29, 1.82) is 0 Å². The Morgan fingerprint density at radius 1 is 1.07 bits per heavy atom. The van der Waals surface area contributed by atoms with Crippen LogP contribution in [-0.2, 0) is 0 Å². The fourth-order valence-electron chi connectivity index (χ4n) is 3.66. The van der Waals surface area contributed by atoms with Gasteiger partial charge >= 0.3 is 0 Å². The van der Waals surface area contributed by atoms with Gasteiger partial charge in [0.1, 0.15) is 0 Å². The first kappa shape index (κ1) is 19.5. The van der Waals surface area contributed by atoms with Crippen LogP contribution in [0.5, 0.6) is 0 Å². The van der Waals surface area contributed by atoms with Gasteiger partial charge in [0.25, 0.3) is 17.7 Å². The average molecular weight is 372 g/mol. The zero-order chi connectivity index (χ0) is 19.6. The van der Waals surface area contributed by atoms with Crippen LogP contribution < -0.4 is 5.32 Å². The molecular weight excluding hydrogens is 344 g/mol. The second-order valence-electron chi connectivity index (χ2n) is 7.48. The van der Waals surface area contributed by atoms with Crippen LogP contribution in [0.1, 0.15) is 44.9 Å². The van der Waals surface area contributed by atoms with Crippen molar-refractivity contribution in [2.24, 2.45) is 5.92 Å². The first-order valence-corrected chi connectivity index (χ1v) is 9.60. The Hall–Kier alpha value is -2.25. The van der Waals surface area contributed by atoms with Gasteiger partial charge in [-0.05, 0) is 30.7 Å². The minimum atomic E-state index is -0.357. The van der Waals surface area contributed by atoms with Gasteiger partial charge < -0.3 is 15.1 Å². The van der Waals surface area contributed by atoms with E-state index in [4.69, 9.17) is 0 Å². The molecule has 1 unspecified atom stereocenters. The Labute approximate surface area is 160 Å². The molecule has 0 bridgehead atoms. The first-order chi connectivity index (χ1) is 12.9. The van der Waals surface area contributed by atoms with E-state index in [2.05, 4.69) is 29.0 Å². The molecule has 3 rings (SSSR count). The van der Waals surface area contributed by atoms with Crippen LogP contribution in [0.2, 0.25) is 0 Å². The van der Waals surface area contributed by atoms with Crippen molar-refractivity contribution in [2.45, 2.75) is 13.8 Å². The van der Waals surface area contributed by atoms with Crippen LogP contribution in [0, 0.1) is 5.92 Å². The molecule has 2 heterocycles. The van der Waals surface area contributed by atoms with Gasteiger partial charge in [-0.25, -0.2) is 0 Å². The zero-order valence-corrected chi connectivity index (χ0v) is 16.3. The van der Waals surface area contributed by atoms with E-state index < -0.39 is 0 Å². The third-order valence-corrected chi connectivity index (χ3v) is 5.44. The maximum absolute atomic E-state index is 12.5. The molecule has 1 aromatic carbocycles. The highest BCUT2D eigenvalue weighted by atomic mass is 16.2. The van der Waals surface area contributed by atoms with E-state index in [0.717, 1.165) is 44.2 Å². The zero-order valence-electron chi connectivity index (χ0n) is 16.3. The van der Waals surface area contributed by atoms with Crippen molar-refractivity contribution in [1.82, 2.24) is 20.0 Å². The maximum atomic E-state index is 12.5. The van der Waals surface area contributed by atoms with Gasteiger partial charge in [0.15, 0.2) is 0 Å². The van der Waals surface area contributed by atoms with Gasteiger partial charge in [-0.15, -0.1) is 0 Å². The maximum Gasteiger partial charge on any atom is 0.261 e. The standard InChI is InChI=1S/C20H28N4O3/c1-4-23-7-9-24(10-8-23)13-14(2)12-21-18(25)15-5-6-16-17(11-15)20(27)22(3)19(16)26/h5-6,11,14H,4,7-10,12-13H2,1-3H3,(H,21,25). The number of rotatable bonds is 6. The predicted octanol–water partition coefficient (Wildman–Crippen LogP) is 0.916. The summed E-state index contributed by atoms with van der Waals surface area (Å²) < 4.78 is 0. The smallest absolute Gasteiger partial charge is 0.261 e. The fraction of sp³-hybridized carbons (Fsp3) is 0.550. The second kappa shape index (κ2) is 8.19. The Bertz CT molecular complexity index is 741. The number of benzene rings is 1. The van der Waals surface area contributed by atoms with Crippen LogP contribution in [0.4, 0.5) is 0 Å². The number of hydrogen-bond acceptors (Lipinski definition) is 5. The molecule has 1 fully saturated rings. The molecule has 1 aromatic rings. The van der Waals surface area contributed by atoms with Crippen molar-refractivity contribution >= 4 is 17.7 Å². The molecule has 0 aromatic heterocycles. The van der Waals surface area contributed by atoms with Gasteiger partial charge in [-0.1, -0.05) is 13.8 Å². The van der Waals surface area contributed by atoms with Crippen molar-refractivity contribution in [3.63, 3.8) is 0 Å². The number of hydrogen-bond donors (Lipinski definition) is 1. The topological polar surface area (TPSA) is 73.0 Å². The van der Waals surface area contributed by atoms with Gasteiger partial charge in [-0.2, -0.15) is 0 Å². The number of piperazine rings is 1. The quantitative estimate of drug-likeness (QED) is 0.752. The molecule has 27 heavy (non-hydrogen) atoms. The number of carbonyl (C=O) groups is 3. The molecule has 7 heteroatoms. The first-order valence-electron chi connectivity index (χ1n) is 9.60. The molecule has 0 radical (unpaired) electrons. The van der Waals surface area contributed by atoms with Gasteiger partial charge in [0.2, 0.25) is 0 Å². The summed E-state index contributed by atoms with van der Waals surface area (Å²) in [6.07, 6.45) is 0. The second-order valence-corrected chi connectivity index (χ2v) is 7.48. The Morgan fingerprint density at radius 2 is 1.70 bits per heavy atom. The van der Waals surface area contributed by atoms with Crippen LogP contribution in [-0.4, -0.2) is 85.3 Å². The minimum Gasteiger partial charge on any atom is -0.352 e. The van der Waals surface area contributed by atoms with Crippen LogP contribution in [0.25, 0.3) is 0 Å². The summed E-state index contributed by atoms with van der Waals surface area (Å²) in [6, 6.07) is 4.68. The summed E-state index contributed by atoms with van der Waals surface area (Å²) in [5.74, 6) is -0.552. The molecule has 0 saturated carbocycles. The SMILES string of the molecule is CCN1CCN(CC(C)CNC(=O)c2ccc3c(c2)C(=O)N(C)C3=O)CC1. The molecular formula is C20H28N4O3. The number of nitrogens with one attached hydrogen (secondary N) is 1. The highest BCUT2D eigenvalue weighted by Gasteiger charge is 2.33. The van der Waals surface area contributed by atoms with E-state index in [-0.39, 0.29) is 17.7 Å². The van der Waals surface area contributed by atoms with Crippen LogP contribution in [0.15, 0.2) is 18.2 Å². The van der Waals surface area contributed by atoms with Crippen LogP contribution >= 0.6 is 0 Å². The number of carbonyl (C=O) groups excluding carboxylic acids is 3. The molecule has 0 aliphatic carbocycles. The molecule has 1 saturated heterocycles. The van der Waals surface area contributed by atoms with Crippen molar-refractivity contribution in [3.05, 3.63) is 34.9 Å². The lowest BCUT2D eigenvalue weighted by atomic mass is 10.0. The van der Waals surface area contributed by atoms with E-state index in [0.29, 0.717) is 29.2 Å². The summed E-state index contributed by atoms with van der Waals surface area (Å²) in [5, 5.41) is 2.95. The number of amides is 3. The summed E-state index contributed by atoms with van der Waals surface area (Å²) in [4.78, 5) is 42.4. The molecule has 0 spiro atoms. The molecule has 2 aliphatic rings. The summed E-state index contributed by atoms with van der Waals surface area (Å²) >= 11 is 0. The van der Waals surface area contributed by atoms with Gasteiger partial charge in [-0.3, -0.25) is 19.3 Å². The molecule has 1 N–H and O–H groups in total. The number of likely N-dealkylation sites (N-methyl/N-ethyl adjacent to an activating group) is 1. The van der Waals surface area contributed by atoms with E-state index in [1.165, 1.54) is 13.1 Å². The van der Waals surface area contributed by atoms with Crippen molar-refractivity contribution in [2.75, 3.05) is 52.9 Å². The minimum absolute atomic E-state index is 0.213. The third kappa shape index (κ3) is 4.20. The largest absolute Gasteiger partial charge is 0.352 e. The molecule has 1 atom stereocenters. The lowest BCUT2D eigenvalue weighted by molar-refractivity contribution is 0.0693. The lowest BCUT2D eigenvalue weighted by Crippen LogP contribution is -2.48. The van der Waals surface area contributed by atoms with E-state index in [9.17, 15) is 14.4 Å². The van der Waals surface area contributed by atoms with Gasteiger partial charge in [0.05, 0.1) is 11.1 Å². The van der Waals surface area contributed by atoms with Crippen LogP contribution in [0.3, 0.4) is 0 Å². The number of fused-ring (bicyclic) bond motifs is 1. The monoisotopic (exact) mass is 372 g/mol. The van der Waals surface area contributed by atoms with Gasteiger partial charge in [0, 0.05) is 51.9 Å². The normalized spacial score (nSPS) is 19.3.